The van der Waals surface area contributed by atoms with Crippen molar-refractivity contribution in [1.82, 2.24) is 5.48 Å². The van der Waals surface area contributed by atoms with E-state index >= 15 is 0 Å². The van der Waals surface area contributed by atoms with E-state index in [1.807, 2.05) is 0 Å². The van der Waals surface area contributed by atoms with Gasteiger partial charge in [-0.1, -0.05) is 11.6 Å². The summed E-state index contributed by atoms with van der Waals surface area (Å²) in [6.45, 7) is 0. The van der Waals surface area contributed by atoms with Crippen LogP contribution in [0.3, 0.4) is 0 Å². The van der Waals surface area contributed by atoms with Gasteiger partial charge in [0.2, 0.25) is 0 Å². The summed E-state index contributed by atoms with van der Waals surface area (Å²) in [5.74, 6) is -0.725. The largest absolute Gasteiger partial charge is 0.417 e. The van der Waals surface area contributed by atoms with Gasteiger partial charge in [0.1, 0.15) is 0 Å². The van der Waals surface area contributed by atoms with E-state index in [1.54, 1.807) is 0 Å². The predicted molar refractivity (Wildman–Crippen MR) is 84.8 cm³/mol. The Bertz CT molecular complexity index is 795. The standard InChI is InChI=1S/C15H11ClF3N3O3/c16-12-6-5-10(7-11(12)15(17,18)19)21-14(24)20-9-3-1-8(2-4-9)13(23)22-25/h1-7,25H,(H,22,23)(H2,20,21,24). The highest BCUT2D eigenvalue weighted by Crippen LogP contribution is 2.36. The molecule has 0 aliphatic heterocycles. The van der Waals surface area contributed by atoms with E-state index < -0.39 is 28.7 Å². The number of urea groups is 1. The number of carbonyl (C=O) groups excluding carboxylic acids is 2. The van der Waals surface area contributed by atoms with Crippen LogP contribution in [-0.2, 0) is 6.18 Å². The fourth-order valence-corrected chi connectivity index (χ4v) is 2.11. The van der Waals surface area contributed by atoms with Crippen molar-refractivity contribution >= 4 is 34.9 Å². The zero-order valence-electron chi connectivity index (χ0n) is 12.3. The number of hydrogen-bond donors (Lipinski definition) is 4. The molecule has 10 heteroatoms. The van der Waals surface area contributed by atoms with E-state index in [9.17, 15) is 22.8 Å². The highest BCUT2D eigenvalue weighted by molar-refractivity contribution is 6.31. The highest BCUT2D eigenvalue weighted by Gasteiger charge is 2.33. The zero-order chi connectivity index (χ0) is 18.6. The van der Waals surface area contributed by atoms with Crippen molar-refractivity contribution in [1.29, 1.82) is 0 Å². The Morgan fingerprint density at radius 3 is 2.08 bits per heavy atom. The summed E-state index contributed by atoms with van der Waals surface area (Å²) in [5.41, 5.74) is 0.742. The monoisotopic (exact) mass is 373 g/mol. The Morgan fingerprint density at radius 1 is 0.960 bits per heavy atom. The van der Waals surface area contributed by atoms with Gasteiger partial charge in [-0.2, -0.15) is 13.2 Å². The number of rotatable bonds is 3. The molecule has 0 radical (unpaired) electrons. The first kappa shape index (κ1) is 18.6. The number of benzene rings is 2. The summed E-state index contributed by atoms with van der Waals surface area (Å²) in [4.78, 5) is 23.0. The van der Waals surface area contributed by atoms with Crippen molar-refractivity contribution in [2.75, 3.05) is 10.6 Å². The lowest BCUT2D eigenvalue weighted by Gasteiger charge is -2.12. The van der Waals surface area contributed by atoms with E-state index in [0.717, 1.165) is 12.1 Å². The maximum Gasteiger partial charge on any atom is 0.417 e. The summed E-state index contributed by atoms with van der Waals surface area (Å²) in [6.07, 6.45) is -4.64. The summed E-state index contributed by atoms with van der Waals surface area (Å²) in [6, 6.07) is 7.64. The predicted octanol–water partition coefficient (Wildman–Crippen LogP) is 4.12. The molecule has 0 atom stereocenters. The van der Waals surface area contributed by atoms with E-state index in [2.05, 4.69) is 10.6 Å². The maximum atomic E-state index is 12.8. The molecule has 0 unspecified atom stereocenters. The molecule has 0 saturated heterocycles. The van der Waals surface area contributed by atoms with Gasteiger partial charge in [0, 0.05) is 16.9 Å². The average molecular weight is 374 g/mol. The molecule has 0 aliphatic rings. The first-order chi connectivity index (χ1) is 11.7. The topological polar surface area (TPSA) is 90.5 Å². The molecule has 2 aromatic rings. The van der Waals surface area contributed by atoms with Crippen LogP contribution < -0.4 is 16.1 Å². The first-order valence-corrected chi connectivity index (χ1v) is 7.08. The van der Waals surface area contributed by atoms with Crippen molar-refractivity contribution in [3.63, 3.8) is 0 Å². The first-order valence-electron chi connectivity index (χ1n) is 6.70. The van der Waals surface area contributed by atoms with Gasteiger partial charge in [-0.05, 0) is 42.5 Å². The molecule has 0 saturated carbocycles. The van der Waals surface area contributed by atoms with Crippen LogP contribution in [0.4, 0.5) is 29.3 Å². The fourth-order valence-electron chi connectivity index (χ4n) is 1.88. The fraction of sp³-hybridized carbons (Fsp3) is 0.0667. The van der Waals surface area contributed by atoms with Crippen LogP contribution in [-0.4, -0.2) is 17.1 Å². The summed E-state index contributed by atoms with van der Waals surface area (Å²) in [5, 5.41) is 12.7. The smallest absolute Gasteiger partial charge is 0.308 e. The van der Waals surface area contributed by atoms with Crippen LogP contribution in [0.1, 0.15) is 15.9 Å². The lowest BCUT2D eigenvalue weighted by Crippen LogP contribution is -2.20. The molecule has 2 aromatic carbocycles. The number of halogens is 4. The molecule has 0 fully saturated rings. The van der Waals surface area contributed by atoms with Crippen LogP contribution in [0.15, 0.2) is 42.5 Å². The van der Waals surface area contributed by atoms with Crippen molar-refractivity contribution in [3.05, 3.63) is 58.6 Å². The number of carbonyl (C=O) groups is 2. The molecule has 25 heavy (non-hydrogen) atoms. The van der Waals surface area contributed by atoms with E-state index in [1.165, 1.54) is 35.8 Å². The van der Waals surface area contributed by atoms with Gasteiger partial charge < -0.3 is 10.6 Å². The van der Waals surface area contributed by atoms with Gasteiger partial charge in [-0.3, -0.25) is 10.0 Å². The van der Waals surface area contributed by atoms with Crippen LogP contribution >= 0.6 is 11.6 Å². The van der Waals surface area contributed by atoms with Gasteiger partial charge >= 0.3 is 12.2 Å². The molecular formula is C15H11ClF3N3O3. The number of nitrogens with one attached hydrogen (secondary N) is 3. The van der Waals surface area contributed by atoms with Gasteiger partial charge in [0.25, 0.3) is 5.91 Å². The molecule has 4 N–H and O–H groups in total. The summed E-state index contributed by atoms with van der Waals surface area (Å²) < 4.78 is 38.3. The number of alkyl halides is 3. The SMILES string of the molecule is O=C(Nc1ccc(C(=O)NO)cc1)Nc1ccc(Cl)c(C(F)(F)F)c1. The Morgan fingerprint density at radius 2 is 1.52 bits per heavy atom. The molecule has 132 valence electrons. The Kier molecular flexibility index (Phi) is 5.50. The second-order valence-electron chi connectivity index (χ2n) is 4.79. The molecule has 6 nitrogen and oxygen atoms in total. The van der Waals surface area contributed by atoms with Crippen molar-refractivity contribution in [2.24, 2.45) is 0 Å². The molecule has 0 bridgehead atoms. The van der Waals surface area contributed by atoms with Gasteiger partial charge in [0.15, 0.2) is 0 Å². The lowest BCUT2D eigenvalue weighted by molar-refractivity contribution is -0.137. The summed E-state index contributed by atoms with van der Waals surface area (Å²) >= 11 is 5.50. The zero-order valence-corrected chi connectivity index (χ0v) is 13.1. The molecule has 0 aromatic heterocycles. The van der Waals surface area contributed by atoms with Gasteiger partial charge in [0.05, 0.1) is 10.6 Å². The molecule has 0 aliphatic carbocycles. The van der Waals surface area contributed by atoms with Crippen molar-refractivity contribution < 1.29 is 28.0 Å². The minimum absolute atomic E-state index is 0.0921. The number of anilines is 2. The minimum atomic E-state index is -4.64. The second kappa shape index (κ2) is 7.41. The van der Waals surface area contributed by atoms with E-state index in [-0.39, 0.29) is 16.9 Å². The summed E-state index contributed by atoms with van der Waals surface area (Å²) in [7, 11) is 0. The molecule has 0 spiro atoms. The van der Waals surface area contributed by atoms with E-state index in [0.29, 0.717) is 0 Å². The quantitative estimate of drug-likeness (QED) is 0.482. The normalized spacial score (nSPS) is 10.9. The number of hydroxylamine groups is 1. The van der Waals surface area contributed by atoms with Gasteiger partial charge in [-0.15, -0.1) is 0 Å². The van der Waals surface area contributed by atoms with Crippen LogP contribution in [0, 0.1) is 0 Å². The molecule has 2 rings (SSSR count). The minimum Gasteiger partial charge on any atom is -0.308 e. The molecular weight excluding hydrogens is 363 g/mol. The Labute approximate surface area is 144 Å². The maximum absolute atomic E-state index is 12.8. The lowest BCUT2D eigenvalue weighted by atomic mass is 10.2. The van der Waals surface area contributed by atoms with Crippen LogP contribution in [0.5, 0.6) is 0 Å². The second-order valence-corrected chi connectivity index (χ2v) is 5.20. The Hall–Kier alpha value is -2.78. The Balaban J connectivity index is 2.07. The highest BCUT2D eigenvalue weighted by atomic mass is 35.5. The average Bonchev–Trinajstić information content (AvgIpc) is 2.55. The van der Waals surface area contributed by atoms with Crippen LogP contribution in [0.25, 0.3) is 0 Å². The molecule has 3 amide bonds. The van der Waals surface area contributed by atoms with Gasteiger partial charge in [-0.25, -0.2) is 10.3 Å². The van der Waals surface area contributed by atoms with E-state index in [4.69, 9.17) is 16.8 Å². The number of amides is 3. The third-order valence-corrected chi connectivity index (χ3v) is 3.37. The third kappa shape index (κ3) is 4.85. The number of hydrogen-bond acceptors (Lipinski definition) is 3. The molecule has 0 heterocycles. The third-order valence-electron chi connectivity index (χ3n) is 3.04. The van der Waals surface area contributed by atoms with Crippen molar-refractivity contribution in [3.8, 4) is 0 Å². The van der Waals surface area contributed by atoms with Crippen molar-refractivity contribution in [2.45, 2.75) is 6.18 Å². The van der Waals surface area contributed by atoms with Crippen LogP contribution in [0.2, 0.25) is 5.02 Å².